The largest absolute Gasteiger partial charge is 0.477 e. The minimum Gasteiger partial charge on any atom is -0.477 e. The van der Waals surface area contributed by atoms with Gasteiger partial charge in [0.2, 0.25) is 0 Å². The van der Waals surface area contributed by atoms with Crippen molar-refractivity contribution in [3.05, 3.63) is 72.1 Å². The molecular formula is C18H17NO2. The predicted octanol–water partition coefficient (Wildman–Crippen LogP) is 3.97. The van der Waals surface area contributed by atoms with Crippen molar-refractivity contribution in [2.45, 2.75) is 19.4 Å². The number of aryl methyl sites for hydroxylation is 2. The maximum Gasteiger partial charge on any atom is 0.352 e. The summed E-state index contributed by atoms with van der Waals surface area (Å²) in [5.41, 5.74) is 1.64. The maximum absolute atomic E-state index is 11.0. The molecule has 0 radical (unpaired) electrons. The van der Waals surface area contributed by atoms with Crippen LogP contribution in [0.5, 0.6) is 0 Å². The molecule has 1 heterocycles. The van der Waals surface area contributed by atoms with Crippen LogP contribution in [0.3, 0.4) is 0 Å². The van der Waals surface area contributed by atoms with Crippen molar-refractivity contribution in [1.82, 2.24) is 4.57 Å². The van der Waals surface area contributed by atoms with Gasteiger partial charge < -0.3 is 9.67 Å². The zero-order valence-electron chi connectivity index (χ0n) is 11.7. The van der Waals surface area contributed by atoms with Crippen LogP contribution in [-0.4, -0.2) is 15.6 Å². The zero-order valence-corrected chi connectivity index (χ0v) is 11.7. The summed E-state index contributed by atoms with van der Waals surface area (Å²) in [6, 6.07) is 18.2. The van der Waals surface area contributed by atoms with E-state index in [9.17, 15) is 4.79 Å². The van der Waals surface area contributed by atoms with Crippen molar-refractivity contribution in [1.29, 1.82) is 0 Å². The molecular weight excluding hydrogens is 262 g/mol. The van der Waals surface area contributed by atoms with Crippen molar-refractivity contribution in [2.75, 3.05) is 0 Å². The molecule has 3 rings (SSSR count). The Hall–Kier alpha value is -2.55. The second-order valence-corrected chi connectivity index (χ2v) is 5.18. The first-order chi connectivity index (χ1) is 10.2. The smallest absolute Gasteiger partial charge is 0.352 e. The fraction of sp³-hybridized carbons (Fsp3) is 0.167. The van der Waals surface area contributed by atoms with Crippen LogP contribution in [0.4, 0.5) is 0 Å². The first-order valence-electron chi connectivity index (χ1n) is 7.10. The van der Waals surface area contributed by atoms with Gasteiger partial charge in [0.1, 0.15) is 5.69 Å². The highest BCUT2D eigenvalue weighted by atomic mass is 16.4. The van der Waals surface area contributed by atoms with Gasteiger partial charge in [0.15, 0.2) is 0 Å². The Labute approximate surface area is 123 Å². The second kappa shape index (κ2) is 5.83. The molecule has 0 atom stereocenters. The van der Waals surface area contributed by atoms with Crippen LogP contribution in [-0.2, 0) is 13.0 Å². The number of carboxylic acid groups (broad SMARTS) is 1. The van der Waals surface area contributed by atoms with E-state index in [0.717, 1.165) is 19.4 Å². The van der Waals surface area contributed by atoms with E-state index in [0.29, 0.717) is 5.69 Å². The van der Waals surface area contributed by atoms with E-state index in [1.807, 2.05) is 18.3 Å². The van der Waals surface area contributed by atoms with Crippen molar-refractivity contribution >= 4 is 16.7 Å². The molecule has 106 valence electrons. The van der Waals surface area contributed by atoms with Crippen LogP contribution in [0.1, 0.15) is 22.5 Å². The van der Waals surface area contributed by atoms with Crippen LogP contribution in [0.2, 0.25) is 0 Å². The summed E-state index contributed by atoms with van der Waals surface area (Å²) in [5, 5.41) is 11.6. The third-order valence-corrected chi connectivity index (χ3v) is 3.73. The second-order valence-electron chi connectivity index (χ2n) is 5.18. The molecule has 0 saturated heterocycles. The number of aromatic carboxylic acids is 1. The Morgan fingerprint density at radius 2 is 1.81 bits per heavy atom. The molecule has 0 fully saturated rings. The number of fused-ring (bicyclic) bond motifs is 1. The highest BCUT2D eigenvalue weighted by Crippen LogP contribution is 2.17. The lowest BCUT2D eigenvalue weighted by Gasteiger charge is -2.07. The third-order valence-electron chi connectivity index (χ3n) is 3.73. The SMILES string of the molecule is O=C(O)c1cccn1CCCc1ccc2ccccc2c1. The fourth-order valence-electron chi connectivity index (χ4n) is 2.65. The lowest BCUT2D eigenvalue weighted by molar-refractivity contribution is 0.0685. The molecule has 0 aliphatic carbocycles. The van der Waals surface area contributed by atoms with E-state index in [-0.39, 0.29) is 0 Å². The number of aromatic nitrogens is 1. The van der Waals surface area contributed by atoms with Gasteiger partial charge in [-0.2, -0.15) is 0 Å². The van der Waals surface area contributed by atoms with Gasteiger partial charge in [-0.15, -0.1) is 0 Å². The molecule has 3 heteroatoms. The van der Waals surface area contributed by atoms with Crippen molar-refractivity contribution in [2.24, 2.45) is 0 Å². The van der Waals surface area contributed by atoms with Gasteiger partial charge in [-0.25, -0.2) is 4.79 Å². The van der Waals surface area contributed by atoms with Gasteiger partial charge in [-0.05, 0) is 41.3 Å². The number of nitrogens with zero attached hydrogens (tertiary/aromatic N) is 1. The summed E-state index contributed by atoms with van der Waals surface area (Å²) in [7, 11) is 0. The van der Waals surface area contributed by atoms with Gasteiger partial charge in [0, 0.05) is 12.7 Å². The van der Waals surface area contributed by atoms with Gasteiger partial charge in [-0.1, -0.05) is 42.5 Å². The van der Waals surface area contributed by atoms with E-state index in [4.69, 9.17) is 5.11 Å². The van der Waals surface area contributed by atoms with Crippen molar-refractivity contribution in [3.63, 3.8) is 0 Å². The molecule has 0 amide bonds. The maximum atomic E-state index is 11.0. The number of rotatable bonds is 5. The predicted molar refractivity (Wildman–Crippen MR) is 83.7 cm³/mol. The Balaban J connectivity index is 1.66. The minimum absolute atomic E-state index is 0.355. The quantitative estimate of drug-likeness (QED) is 0.767. The van der Waals surface area contributed by atoms with Gasteiger partial charge in [0.05, 0.1) is 0 Å². The number of hydrogen-bond acceptors (Lipinski definition) is 1. The van der Waals surface area contributed by atoms with Crippen LogP contribution in [0, 0.1) is 0 Å². The van der Waals surface area contributed by atoms with Crippen molar-refractivity contribution in [3.8, 4) is 0 Å². The molecule has 0 bridgehead atoms. The molecule has 3 nitrogen and oxygen atoms in total. The molecule has 21 heavy (non-hydrogen) atoms. The average molecular weight is 279 g/mol. The highest BCUT2D eigenvalue weighted by molar-refractivity contribution is 5.85. The number of benzene rings is 2. The fourth-order valence-corrected chi connectivity index (χ4v) is 2.65. The molecule has 0 saturated carbocycles. The van der Waals surface area contributed by atoms with Gasteiger partial charge in [0.25, 0.3) is 0 Å². The Morgan fingerprint density at radius 3 is 2.62 bits per heavy atom. The van der Waals surface area contributed by atoms with Crippen molar-refractivity contribution < 1.29 is 9.90 Å². The van der Waals surface area contributed by atoms with E-state index in [1.54, 1.807) is 16.7 Å². The third kappa shape index (κ3) is 2.97. The lowest BCUT2D eigenvalue weighted by atomic mass is 10.0. The number of hydrogen-bond donors (Lipinski definition) is 1. The molecule has 0 aliphatic heterocycles. The lowest BCUT2D eigenvalue weighted by Crippen LogP contribution is -2.08. The Kier molecular flexibility index (Phi) is 3.73. The summed E-state index contributed by atoms with van der Waals surface area (Å²) in [6.07, 6.45) is 3.69. The molecule has 1 aromatic heterocycles. The average Bonchev–Trinajstić information content (AvgIpc) is 2.96. The van der Waals surface area contributed by atoms with Crippen LogP contribution in [0.25, 0.3) is 10.8 Å². The first kappa shape index (κ1) is 13.4. The monoisotopic (exact) mass is 279 g/mol. The first-order valence-corrected chi connectivity index (χ1v) is 7.10. The summed E-state index contributed by atoms with van der Waals surface area (Å²) in [6.45, 7) is 0.724. The molecule has 0 aliphatic rings. The number of carboxylic acids is 1. The molecule has 1 N–H and O–H groups in total. The summed E-state index contributed by atoms with van der Waals surface area (Å²) >= 11 is 0. The molecule has 0 unspecified atom stereocenters. The van der Waals surface area contributed by atoms with Crippen LogP contribution >= 0.6 is 0 Å². The van der Waals surface area contributed by atoms with E-state index < -0.39 is 5.97 Å². The highest BCUT2D eigenvalue weighted by Gasteiger charge is 2.07. The van der Waals surface area contributed by atoms with E-state index in [2.05, 4.69) is 30.3 Å². The summed E-state index contributed by atoms with van der Waals surface area (Å²) in [5.74, 6) is -0.870. The molecule has 3 aromatic rings. The number of carbonyl (C=O) groups is 1. The Bertz CT molecular complexity index is 773. The van der Waals surface area contributed by atoms with Gasteiger partial charge in [-0.3, -0.25) is 0 Å². The Morgan fingerprint density at radius 1 is 1.00 bits per heavy atom. The van der Waals surface area contributed by atoms with Gasteiger partial charge >= 0.3 is 5.97 Å². The van der Waals surface area contributed by atoms with E-state index in [1.165, 1.54) is 16.3 Å². The normalized spacial score (nSPS) is 10.9. The molecule has 0 spiro atoms. The summed E-state index contributed by atoms with van der Waals surface area (Å²) in [4.78, 5) is 11.0. The summed E-state index contributed by atoms with van der Waals surface area (Å²) < 4.78 is 1.80. The zero-order chi connectivity index (χ0) is 14.7. The van der Waals surface area contributed by atoms with E-state index >= 15 is 0 Å². The molecule has 2 aromatic carbocycles. The standard InChI is InChI=1S/C18H17NO2/c20-18(21)17-8-4-12-19(17)11-3-5-14-9-10-15-6-1-2-7-16(15)13-14/h1-2,4,6-10,12-13H,3,5,11H2,(H,20,21). The van der Waals surface area contributed by atoms with Crippen LogP contribution in [0.15, 0.2) is 60.8 Å². The topological polar surface area (TPSA) is 42.2 Å². The minimum atomic E-state index is -0.870. The van der Waals surface area contributed by atoms with Crippen LogP contribution < -0.4 is 0 Å².